The maximum Gasteiger partial charge on any atom is 0.275 e. The summed E-state index contributed by atoms with van der Waals surface area (Å²) in [5.74, 6) is 5.56. The Morgan fingerprint density at radius 1 is 1.08 bits per heavy atom. The molecule has 0 spiro atoms. The van der Waals surface area contributed by atoms with E-state index in [0.717, 1.165) is 0 Å². The number of ether oxygens (including phenoxy) is 2. The number of imide groups is 1. The summed E-state index contributed by atoms with van der Waals surface area (Å²) >= 11 is 5.88. The third kappa shape index (κ3) is 3.50. The molecule has 2 N–H and O–H groups in total. The van der Waals surface area contributed by atoms with E-state index in [-0.39, 0.29) is 12.0 Å². The largest absolute Gasteiger partial charge is 0.486 e. The Morgan fingerprint density at radius 2 is 1.83 bits per heavy atom. The number of carbonyl (C=O) groups is 2. The molecular weight excluding hydrogens is 332 g/mol. The first-order valence-corrected chi connectivity index (χ1v) is 7.68. The smallest absolute Gasteiger partial charge is 0.275 e. The highest BCUT2D eigenvalue weighted by Gasteiger charge is 2.22. The van der Waals surface area contributed by atoms with Crippen LogP contribution in [0.25, 0.3) is 0 Å². The quantitative estimate of drug-likeness (QED) is 0.523. The number of halogens is 1. The lowest BCUT2D eigenvalue weighted by atomic mass is 10.1. The van der Waals surface area contributed by atoms with Gasteiger partial charge in [0.05, 0.1) is 6.42 Å². The molecule has 0 aromatic heterocycles. The summed E-state index contributed by atoms with van der Waals surface area (Å²) in [6, 6.07) is 11.5. The molecule has 0 atom stereocenters. The second-order valence-electron chi connectivity index (χ2n) is 5.23. The molecular formula is C17H15ClN2O4. The van der Waals surface area contributed by atoms with Crippen LogP contribution >= 0.6 is 11.6 Å². The van der Waals surface area contributed by atoms with E-state index in [1.807, 2.05) is 0 Å². The maximum absolute atomic E-state index is 12.4. The first-order chi connectivity index (χ1) is 11.5. The van der Waals surface area contributed by atoms with Crippen molar-refractivity contribution in [1.82, 2.24) is 5.01 Å². The van der Waals surface area contributed by atoms with Crippen molar-refractivity contribution in [1.29, 1.82) is 0 Å². The van der Waals surface area contributed by atoms with Gasteiger partial charge in [0.1, 0.15) is 13.2 Å². The van der Waals surface area contributed by atoms with E-state index >= 15 is 0 Å². The number of hydrogen-bond donors (Lipinski definition) is 1. The Morgan fingerprint density at radius 3 is 2.58 bits per heavy atom. The molecule has 2 amide bonds. The summed E-state index contributed by atoms with van der Waals surface area (Å²) in [5, 5.41) is 1.12. The van der Waals surface area contributed by atoms with Crippen molar-refractivity contribution >= 4 is 23.4 Å². The summed E-state index contributed by atoms with van der Waals surface area (Å²) in [6.45, 7) is 0.867. The minimum atomic E-state index is -0.612. The molecule has 0 saturated heterocycles. The lowest BCUT2D eigenvalue weighted by Gasteiger charge is -2.20. The van der Waals surface area contributed by atoms with Crippen molar-refractivity contribution in [3.8, 4) is 11.5 Å². The van der Waals surface area contributed by atoms with Gasteiger partial charge in [-0.25, -0.2) is 10.9 Å². The zero-order chi connectivity index (χ0) is 17.1. The molecule has 0 bridgehead atoms. The first-order valence-electron chi connectivity index (χ1n) is 7.30. The van der Waals surface area contributed by atoms with Gasteiger partial charge >= 0.3 is 0 Å². The standard InChI is InChI=1S/C17H15ClN2O4/c18-13-3-1-2-11(8-13)9-16(21)20(19)17(22)12-4-5-14-15(10-12)24-7-6-23-14/h1-5,8,10H,6-7,9,19H2. The molecule has 24 heavy (non-hydrogen) atoms. The summed E-state index contributed by atoms with van der Waals surface area (Å²) in [7, 11) is 0. The van der Waals surface area contributed by atoms with Gasteiger partial charge in [-0.3, -0.25) is 9.59 Å². The molecule has 0 saturated carbocycles. The van der Waals surface area contributed by atoms with Crippen molar-refractivity contribution in [2.24, 2.45) is 5.84 Å². The van der Waals surface area contributed by atoms with Crippen LogP contribution in [0.1, 0.15) is 15.9 Å². The molecule has 0 unspecified atom stereocenters. The van der Waals surface area contributed by atoms with E-state index in [2.05, 4.69) is 0 Å². The fourth-order valence-electron chi connectivity index (χ4n) is 2.34. The molecule has 2 aromatic carbocycles. The number of nitrogens with zero attached hydrogens (tertiary/aromatic N) is 1. The van der Waals surface area contributed by atoms with Gasteiger partial charge in [0.25, 0.3) is 5.91 Å². The minimum absolute atomic E-state index is 0.0205. The van der Waals surface area contributed by atoms with Gasteiger partial charge in [-0.05, 0) is 35.9 Å². The van der Waals surface area contributed by atoms with Crippen molar-refractivity contribution in [2.45, 2.75) is 6.42 Å². The second-order valence-corrected chi connectivity index (χ2v) is 5.67. The predicted molar refractivity (Wildman–Crippen MR) is 88.0 cm³/mol. The molecule has 0 fully saturated rings. The number of nitrogens with two attached hydrogens (primary N) is 1. The molecule has 1 heterocycles. The third-order valence-corrected chi connectivity index (χ3v) is 3.76. The van der Waals surface area contributed by atoms with Crippen LogP contribution in [0.3, 0.4) is 0 Å². The molecule has 3 rings (SSSR count). The summed E-state index contributed by atoms with van der Waals surface area (Å²) in [4.78, 5) is 24.6. The van der Waals surface area contributed by atoms with Gasteiger partial charge in [-0.15, -0.1) is 0 Å². The molecule has 2 aromatic rings. The van der Waals surface area contributed by atoms with Crippen LogP contribution in [0.5, 0.6) is 11.5 Å². The van der Waals surface area contributed by atoms with E-state index in [0.29, 0.717) is 40.3 Å². The maximum atomic E-state index is 12.4. The lowest BCUT2D eigenvalue weighted by molar-refractivity contribution is -0.128. The zero-order valence-electron chi connectivity index (χ0n) is 12.7. The van der Waals surface area contributed by atoms with Crippen LogP contribution in [0, 0.1) is 0 Å². The number of benzene rings is 2. The zero-order valence-corrected chi connectivity index (χ0v) is 13.5. The van der Waals surface area contributed by atoms with Crippen LogP contribution in [0.2, 0.25) is 5.02 Å². The van der Waals surface area contributed by atoms with Gasteiger partial charge < -0.3 is 9.47 Å². The topological polar surface area (TPSA) is 81.9 Å². The van der Waals surface area contributed by atoms with Crippen LogP contribution in [0.15, 0.2) is 42.5 Å². The average molecular weight is 347 g/mol. The minimum Gasteiger partial charge on any atom is -0.486 e. The number of hydrogen-bond acceptors (Lipinski definition) is 5. The molecule has 7 heteroatoms. The predicted octanol–water partition coefficient (Wildman–Crippen LogP) is 2.20. The summed E-state index contributed by atoms with van der Waals surface area (Å²) in [6.07, 6.45) is -0.0205. The second kappa shape index (κ2) is 6.90. The van der Waals surface area contributed by atoms with E-state index in [1.54, 1.807) is 36.4 Å². The summed E-state index contributed by atoms with van der Waals surface area (Å²) in [5.41, 5.74) is 0.930. The van der Waals surface area contributed by atoms with Crippen molar-refractivity contribution in [2.75, 3.05) is 13.2 Å². The van der Waals surface area contributed by atoms with E-state index < -0.39 is 11.8 Å². The molecule has 0 radical (unpaired) electrons. The molecule has 1 aliphatic heterocycles. The number of hydrazine groups is 1. The normalized spacial score (nSPS) is 12.6. The number of amides is 2. The van der Waals surface area contributed by atoms with Gasteiger partial charge in [0.15, 0.2) is 11.5 Å². The highest BCUT2D eigenvalue weighted by atomic mass is 35.5. The number of rotatable bonds is 3. The average Bonchev–Trinajstić information content (AvgIpc) is 2.60. The highest BCUT2D eigenvalue weighted by Crippen LogP contribution is 2.31. The molecule has 124 valence electrons. The van der Waals surface area contributed by atoms with Crippen molar-refractivity contribution < 1.29 is 19.1 Å². The van der Waals surface area contributed by atoms with Crippen LogP contribution in [-0.4, -0.2) is 30.0 Å². The van der Waals surface area contributed by atoms with Gasteiger partial charge in [0.2, 0.25) is 5.91 Å². The van der Waals surface area contributed by atoms with Gasteiger partial charge in [-0.1, -0.05) is 23.7 Å². The van der Waals surface area contributed by atoms with Crippen LogP contribution < -0.4 is 15.3 Å². The molecule has 1 aliphatic rings. The van der Waals surface area contributed by atoms with E-state index in [1.165, 1.54) is 6.07 Å². The summed E-state index contributed by atoms with van der Waals surface area (Å²) < 4.78 is 10.8. The number of fused-ring (bicyclic) bond motifs is 1. The van der Waals surface area contributed by atoms with Crippen LogP contribution in [-0.2, 0) is 11.2 Å². The first kappa shape index (κ1) is 16.3. The van der Waals surface area contributed by atoms with Gasteiger partial charge in [0, 0.05) is 10.6 Å². The van der Waals surface area contributed by atoms with Crippen molar-refractivity contribution in [3.63, 3.8) is 0 Å². The van der Waals surface area contributed by atoms with E-state index in [4.69, 9.17) is 26.9 Å². The Labute approximate surface area is 143 Å². The van der Waals surface area contributed by atoms with Gasteiger partial charge in [-0.2, -0.15) is 0 Å². The van der Waals surface area contributed by atoms with E-state index in [9.17, 15) is 9.59 Å². The Hall–Kier alpha value is -2.57. The lowest BCUT2D eigenvalue weighted by Crippen LogP contribution is -2.43. The monoisotopic (exact) mass is 346 g/mol. The van der Waals surface area contributed by atoms with Crippen LogP contribution in [0.4, 0.5) is 0 Å². The number of carbonyl (C=O) groups excluding carboxylic acids is 2. The fourth-order valence-corrected chi connectivity index (χ4v) is 2.55. The Bertz CT molecular complexity index is 794. The SMILES string of the molecule is NN(C(=O)Cc1cccc(Cl)c1)C(=O)c1ccc2c(c1)OCCO2. The highest BCUT2D eigenvalue weighted by molar-refractivity contribution is 6.30. The Kier molecular flexibility index (Phi) is 4.69. The third-order valence-electron chi connectivity index (χ3n) is 3.52. The molecule has 6 nitrogen and oxygen atoms in total. The van der Waals surface area contributed by atoms with Crippen molar-refractivity contribution in [3.05, 3.63) is 58.6 Å². The Balaban J connectivity index is 1.73. The molecule has 0 aliphatic carbocycles. The fraction of sp³-hybridized carbons (Fsp3) is 0.176.